The molecule has 1 aliphatic rings. The smallest absolute Gasteiger partial charge is 0.248 e. The number of thioether (sulfide) groups is 1. The lowest BCUT2D eigenvalue weighted by Gasteiger charge is -2.22. The van der Waals surface area contributed by atoms with E-state index in [4.69, 9.17) is 0 Å². The highest BCUT2D eigenvalue weighted by Gasteiger charge is 2.33. The van der Waals surface area contributed by atoms with Crippen LogP contribution in [-0.2, 0) is 9.59 Å². The third kappa shape index (κ3) is 4.77. The molecule has 1 N–H and O–H groups in total. The van der Waals surface area contributed by atoms with Crippen molar-refractivity contribution in [2.75, 3.05) is 16.9 Å². The summed E-state index contributed by atoms with van der Waals surface area (Å²) < 4.78 is 13.0. The van der Waals surface area contributed by atoms with Gasteiger partial charge < -0.3 is 10.2 Å². The number of rotatable bonds is 4. The van der Waals surface area contributed by atoms with Crippen LogP contribution in [0.5, 0.6) is 0 Å². The summed E-state index contributed by atoms with van der Waals surface area (Å²) in [5.41, 5.74) is 3.72. The van der Waals surface area contributed by atoms with Gasteiger partial charge in [-0.25, -0.2) is 4.39 Å². The van der Waals surface area contributed by atoms with Crippen molar-refractivity contribution >= 4 is 35.3 Å². The first-order valence-electron chi connectivity index (χ1n) is 8.64. The SMILES string of the molecule is Cc1ccc(NC(=O)C2CSCN2C(=O)/C=C/c2ccc(F)cc2)cc1C. The molecular weight excluding hydrogens is 363 g/mol. The Morgan fingerprint density at radius 2 is 1.89 bits per heavy atom. The molecule has 140 valence electrons. The Labute approximate surface area is 162 Å². The van der Waals surface area contributed by atoms with Crippen LogP contribution in [0.3, 0.4) is 0 Å². The number of aryl methyl sites for hydroxylation is 2. The van der Waals surface area contributed by atoms with E-state index < -0.39 is 6.04 Å². The van der Waals surface area contributed by atoms with Crippen molar-refractivity contribution in [3.63, 3.8) is 0 Å². The summed E-state index contributed by atoms with van der Waals surface area (Å²) in [6, 6.07) is 11.1. The first kappa shape index (κ1) is 19.2. The van der Waals surface area contributed by atoms with Crippen LogP contribution in [-0.4, -0.2) is 34.4 Å². The van der Waals surface area contributed by atoms with Gasteiger partial charge >= 0.3 is 0 Å². The highest BCUT2D eigenvalue weighted by molar-refractivity contribution is 7.99. The molecule has 2 amide bonds. The Kier molecular flexibility index (Phi) is 5.96. The summed E-state index contributed by atoms with van der Waals surface area (Å²) in [6.07, 6.45) is 3.05. The third-order valence-corrected chi connectivity index (χ3v) is 5.54. The largest absolute Gasteiger partial charge is 0.324 e. The number of benzene rings is 2. The molecule has 2 aromatic carbocycles. The third-order valence-electron chi connectivity index (χ3n) is 4.53. The molecule has 1 heterocycles. The molecular formula is C21H21FN2O2S. The number of anilines is 1. The molecule has 1 aliphatic heterocycles. The van der Waals surface area contributed by atoms with Gasteiger partial charge in [0.1, 0.15) is 11.9 Å². The molecule has 4 nitrogen and oxygen atoms in total. The van der Waals surface area contributed by atoms with Gasteiger partial charge in [0.2, 0.25) is 11.8 Å². The average Bonchev–Trinajstić information content (AvgIpc) is 3.14. The maximum atomic E-state index is 13.0. The van der Waals surface area contributed by atoms with Gasteiger partial charge in [0.25, 0.3) is 0 Å². The first-order valence-corrected chi connectivity index (χ1v) is 9.79. The second kappa shape index (κ2) is 8.39. The van der Waals surface area contributed by atoms with Crippen LogP contribution in [0, 0.1) is 19.7 Å². The van der Waals surface area contributed by atoms with E-state index >= 15 is 0 Å². The maximum absolute atomic E-state index is 13.0. The summed E-state index contributed by atoms with van der Waals surface area (Å²) in [7, 11) is 0. The predicted molar refractivity (Wildman–Crippen MR) is 108 cm³/mol. The van der Waals surface area contributed by atoms with Crippen molar-refractivity contribution in [1.82, 2.24) is 4.90 Å². The molecule has 3 rings (SSSR count). The Morgan fingerprint density at radius 3 is 2.59 bits per heavy atom. The molecule has 0 saturated carbocycles. The van der Waals surface area contributed by atoms with Crippen LogP contribution in [0.2, 0.25) is 0 Å². The minimum Gasteiger partial charge on any atom is -0.324 e. The number of amides is 2. The number of halogens is 1. The summed E-state index contributed by atoms with van der Waals surface area (Å²) in [6.45, 7) is 4.01. The number of hydrogen-bond acceptors (Lipinski definition) is 3. The van der Waals surface area contributed by atoms with Crippen LogP contribution in [0.4, 0.5) is 10.1 Å². The minimum atomic E-state index is -0.512. The van der Waals surface area contributed by atoms with Gasteiger partial charge in [-0.2, -0.15) is 0 Å². The van der Waals surface area contributed by atoms with E-state index in [1.165, 1.54) is 18.2 Å². The van der Waals surface area contributed by atoms with E-state index in [1.807, 2.05) is 32.0 Å². The fourth-order valence-corrected chi connectivity index (χ4v) is 3.92. The van der Waals surface area contributed by atoms with Crippen LogP contribution in [0.1, 0.15) is 16.7 Å². The standard InChI is InChI=1S/C21H21FN2O2S/c1-14-3-9-18(11-15(14)2)23-21(26)19-12-27-13-24(19)20(25)10-6-16-4-7-17(22)8-5-16/h3-11,19H,12-13H2,1-2H3,(H,23,26)/b10-6+. The summed E-state index contributed by atoms with van der Waals surface area (Å²) in [5.74, 6) is 0.290. The van der Waals surface area contributed by atoms with Crippen molar-refractivity contribution in [3.05, 3.63) is 71.0 Å². The summed E-state index contributed by atoms with van der Waals surface area (Å²) in [5, 5.41) is 2.90. The number of nitrogens with zero attached hydrogens (tertiary/aromatic N) is 1. The van der Waals surface area contributed by atoms with Crippen LogP contribution in [0.15, 0.2) is 48.5 Å². The van der Waals surface area contributed by atoms with Crippen molar-refractivity contribution in [3.8, 4) is 0 Å². The van der Waals surface area contributed by atoms with Crippen molar-refractivity contribution in [1.29, 1.82) is 0 Å². The summed E-state index contributed by atoms with van der Waals surface area (Å²) in [4.78, 5) is 26.7. The lowest BCUT2D eigenvalue weighted by atomic mass is 10.1. The maximum Gasteiger partial charge on any atom is 0.248 e. The molecule has 1 fully saturated rings. The van der Waals surface area contributed by atoms with Crippen molar-refractivity contribution in [2.24, 2.45) is 0 Å². The molecule has 1 atom stereocenters. The Morgan fingerprint density at radius 1 is 1.15 bits per heavy atom. The predicted octanol–water partition coefficient (Wildman–Crippen LogP) is 4.00. The van der Waals surface area contributed by atoms with E-state index in [2.05, 4.69) is 5.32 Å². The molecule has 0 aliphatic carbocycles. The second-order valence-corrected chi connectivity index (χ2v) is 7.50. The Balaban J connectivity index is 1.66. The Bertz CT molecular complexity index is 880. The zero-order valence-corrected chi connectivity index (χ0v) is 16.1. The zero-order chi connectivity index (χ0) is 19.4. The van der Waals surface area contributed by atoms with E-state index in [-0.39, 0.29) is 17.6 Å². The lowest BCUT2D eigenvalue weighted by molar-refractivity contribution is -0.132. The molecule has 0 aromatic heterocycles. The zero-order valence-electron chi connectivity index (χ0n) is 15.2. The van der Waals surface area contributed by atoms with Gasteiger partial charge in [0, 0.05) is 17.5 Å². The van der Waals surface area contributed by atoms with Crippen LogP contribution >= 0.6 is 11.8 Å². The minimum absolute atomic E-state index is 0.188. The van der Waals surface area contributed by atoms with E-state index in [0.717, 1.165) is 22.4 Å². The fourth-order valence-electron chi connectivity index (χ4n) is 2.76. The molecule has 27 heavy (non-hydrogen) atoms. The molecule has 6 heteroatoms. The molecule has 0 bridgehead atoms. The van der Waals surface area contributed by atoms with Gasteiger partial charge in [-0.05, 0) is 60.9 Å². The highest BCUT2D eigenvalue weighted by atomic mass is 32.2. The topological polar surface area (TPSA) is 49.4 Å². The van der Waals surface area contributed by atoms with Gasteiger partial charge in [0.05, 0.1) is 5.88 Å². The number of carbonyl (C=O) groups excluding carboxylic acids is 2. The first-order chi connectivity index (χ1) is 12.9. The quantitative estimate of drug-likeness (QED) is 0.811. The number of nitrogens with one attached hydrogen (secondary N) is 1. The summed E-state index contributed by atoms with van der Waals surface area (Å²) >= 11 is 1.55. The monoisotopic (exact) mass is 384 g/mol. The average molecular weight is 384 g/mol. The van der Waals surface area contributed by atoms with E-state index in [9.17, 15) is 14.0 Å². The molecule has 0 radical (unpaired) electrons. The molecule has 0 spiro atoms. The second-order valence-electron chi connectivity index (χ2n) is 6.50. The van der Waals surface area contributed by atoms with E-state index in [0.29, 0.717) is 11.6 Å². The van der Waals surface area contributed by atoms with Crippen LogP contribution < -0.4 is 5.32 Å². The van der Waals surface area contributed by atoms with Gasteiger partial charge in [-0.1, -0.05) is 18.2 Å². The number of hydrogen-bond donors (Lipinski definition) is 1. The van der Waals surface area contributed by atoms with Crippen LogP contribution in [0.25, 0.3) is 6.08 Å². The van der Waals surface area contributed by atoms with Gasteiger partial charge in [-0.3, -0.25) is 9.59 Å². The number of carbonyl (C=O) groups is 2. The van der Waals surface area contributed by atoms with Crippen molar-refractivity contribution < 1.29 is 14.0 Å². The van der Waals surface area contributed by atoms with Gasteiger partial charge in [0.15, 0.2) is 0 Å². The van der Waals surface area contributed by atoms with Crippen molar-refractivity contribution in [2.45, 2.75) is 19.9 Å². The normalized spacial score (nSPS) is 16.7. The highest BCUT2D eigenvalue weighted by Crippen LogP contribution is 2.23. The molecule has 1 saturated heterocycles. The molecule has 2 aromatic rings. The Hall–Kier alpha value is -2.60. The molecule has 1 unspecified atom stereocenters. The lowest BCUT2D eigenvalue weighted by Crippen LogP contribution is -2.43. The van der Waals surface area contributed by atoms with E-state index in [1.54, 1.807) is 34.9 Å². The van der Waals surface area contributed by atoms with Gasteiger partial charge in [-0.15, -0.1) is 11.8 Å². The fraction of sp³-hybridized carbons (Fsp3) is 0.238.